The van der Waals surface area contributed by atoms with Crippen molar-refractivity contribution in [2.75, 3.05) is 7.11 Å². The number of aryl methyl sites for hydroxylation is 3. The standard InChI is InChI=1S/C15H17NO4/c1-9-6-12(20-3)8-11-7-10(4-5-13(17)18)15(19)16(2)14(9)11/h6-8H,4-5H2,1-3H3,(H,17,18). The molecule has 2 rings (SSSR count). The van der Waals surface area contributed by atoms with Gasteiger partial charge in [-0.05, 0) is 37.1 Å². The summed E-state index contributed by atoms with van der Waals surface area (Å²) in [5, 5.41) is 9.62. The molecule has 0 saturated carbocycles. The molecule has 0 fully saturated rings. The SMILES string of the molecule is COc1cc(C)c2c(c1)cc(CCC(=O)O)c(=O)n2C. The Morgan fingerprint density at radius 1 is 1.35 bits per heavy atom. The topological polar surface area (TPSA) is 68.5 Å². The molecule has 1 N–H and O–H groups in total. The van der Waals surface area contributed by atoms with Crippen molar-refractivity contribution in [2.24, 2.45) is 7.05 Å². The van der Waals surface area contributed by atoms with Crippen molar-refractivity contribution in [3.05, 3.63) is 39.7 Å². The van der Waals surface area contributed by atoms with Gasteiger partial charge in [-0.25, -0.2) is 0 Å². The third-order valence-corrected chi connectivity index (χ3v) is 3.39. The summed E-state index contributed by atoms with van der Waals surface area (Å²) < 4.78 is 6.80. The summed E-state index contributed by atoms with van der Waals surface area (Å²) in [6.45, 7) is 1.92. The van der Waals surface area contributed by atoms with Crippen LogP contribution in [0.5, 0.6) is 5.75 Å². The van der Waals surface area contributed by atoms with Crippen LogP contribution in [0.15, 0.2) is 23.0 Å². The van der Waals surface area contributed by atoms with E-state index in [9.17, 15) is 9.59 Å². The zero-order valence-corrected chi connectivity index (χ0v) is 11.8. The average molecular weight is 275 g/mol. The number of ether oxygens (including phenoxy) is 1. The first-order chi connectivity index (χ1) is 9.43. The second-order valence-electron chi connectivity index (χ2n) is 4.81. The highest BCUT2D eigenvalue weighted by Gasteiger charge is 2.11. The van der Waals surface area contributed by atoms with Crippen LogP contribution >= 0.6 is 0 Å². The molecule has 2 aromatic rings. The number of carboxylic acid groups (broad SMARTS) is 1. The maximum atomic E-state index is 12.2. The van der Waals surface area contributed by atoms with Crippen LogP contribution < -0.4 is 10.3 Å². The molecule has 5 nitrogen and oxygen atoms in total. The van der Waals surface area contributed by atoms with Crippen LogP contribution in [0.2, 0.25) is 0 Å². The second kappa shape index (κ2) is 5.36. The molecule has 20 heavy (non-hydrogen) atoms. The van der Waals surface area contributed by atoms with Crippen molar-refractivity contribution in [3.8, 4) is 5.75 Å². The van der Waals surface area contributed by atoms with Crippen molar-refractivity contribution in [3.63, 3.8) is 0 Å². The van der Waals surface area contributed by atoms with E-state index in [4.69, 9.17) is 9.84 Å². The molecular weight excluding hydrogens is 258 g/mol. The van der Waals surface area contributed by atoms with Gasteiger partial charge in [-0.15, -0.1) is 0 Å². The van der Waals surface area contributed by atoms with Gasteiger partial charge in [-0.2, -0.15) is 0 Å². The lowest BCUT2D eigenvalue weighted by molar-refractivity contribution is -0.136. The highest BCUT2D eigenvalue weighted by molar-refractivity contribution is 5.84. The van der Waals surface area contributed by atoms with Gasteiger partial charge in [-0.3, -0.25) is 9.59 Å². The van der Waals surface area contributed by atoms with Crippen molar-refractivity contribution in [1.29, 1.82) is 0 Å². The first-order valence-corrected chi connectivity index (χ1v) is 6.33. The van der Waals surface area contributed by atoms with Gasteiger partial charge in [0.2, 0.25) is 0 Å². The molecule has 1 aromatic carbocycles. The Morgan fingerprint density at radius 3 is 2.65 bits per heavy atom. The number of hydrogen-bond acceptors (Lipinski definition) is 3. The zero-order valence-electron chi connectivity index (χ0n) is 11.8. The number of carbonyl (C=O) groups is 1. The van der Waals surface area contributed by atoms with Crippen LogP contribution in [-0.4, -0.2) is 22.8 Å². The lowest BCUT2D eigenvalue weighted by Crippen LogP contribution is -2.22. The molecule has 0 bridgehead atoms. The van der Waals surface area contributed by atoms with Gasteiger partial charge in [0.05, 0.1) is 12.6 Å². The number of benzene rings is 1. The number of methoxy groups -OCH3 is 1. The largest absolute Gasteiger partial charge is 0.497 e. The number of rotatable bonds is 4. The van der Waals surface area contributed by atoms with Crippen molar-refractivity contribution < 1.29 is 14.6 Å². The normalized spacial score (nSPS) is 10.8. The Bertz CT molecular complexity index is 731. The van der Waals surface area contributed by atoms with E-state index in [0.717, 1.165) is 22.2 Å². The summed E-state index contributed by atoms with van der Waals surface area (Å²) in [7, 11) is 3.29. The molecule has 5 heteroatoms. The van der Waals surface area contributed by atoms with E-state index in [2.05, 4.69) is 0 Å². The fraction of sp³-hybridized carbons (Fsp3) is 0.333. The van der Waals surface area contributed by atoms with Crippen LogP contribution in [0.4, 0.5) is 0 Å². The van der Waals surface area contributed by atoms with E-state index < -0.39 is 5.97 Å². The van der Waals surface area contributed by atoms with E-state index in [1.807, 2.05) is 19.1 Å². The average Bonchev–Trinajstić information content (AvgIpc) is 2.40. The minimum atomic E-state index is -0.908. The molecule has 1 heterocycles. The Hall–Kier alpha value is -2.30. The maximum absolute atomic E-state index is 12.2. The van der Waals surface area contributed by atoms with E-state index >= 15 is 0 Å². The highest BCUT2D eigenvalue weighted by atomic mass is 16.5. The van der Waals surface area contributed by atoms with E-state index in [1.165, 1.54) is 0 Å². The lowest BCUT2D eigenvalue weighted by Gasteiger charge is -2.12. The molecule has 0 saturated heterocycles. The van der Waals surface area contributed by atoms with Gasteiger partial charge in [0.15, 0.2) is 0 Å². The number of nitrogens with zero attached hydrogens (tertiary/aromatic N) is 1. The van der Waals surface area contributed by atoms with Gasteiger partial charge in [-0.1, -0.05) is 0 Å². The minimum absolute atomic E-state index is 0.0519. The Morgan fingerprint density at radius 2 is 2.05 bits per heavy atom. The molecule has 0 atom stereocenters. The molecule has 0 amide bonds. The van der Waals surface area contributed by atoms with Gasteiger partial charge in [0.1, 0.15) is 5.75 Å². The van der Waals surface area contributed by atoms with Crippen molar-refractivity contribution >= 4 is 16.9 Å². The van der Waals surface area contributed by atoms with Crippen LogP contribution in [0.1, 0.15) is 17.5 Å². The first kappa shape index (κ1) is 14.1. The highest BCUT2D eigenvalue weighted by Crippen LogP contribution is 2.24. The Kier molecular flexibility index (Phi) is 3.79. The molecular formula is C15H17NO4. The number of aromatic nitrogens is 1. The monoisotopic (exact) mass is 275 g/mol. The number of hydrogen-bond donors (Lipinski definition) is 1. The Labute approximate surface area is 116 Å². The third-order valence-electron chi connectivity index (χ3n) is 3.39. The summed E-state index contributed by atoms with van der Waals surface area (Å²) in [5.41, 5.74) is 2.15. The number of aliphatic carboxylic acids is 1. The summed E-state index contributed by atoms with van der Waals surface area (Å²) >= 11 is 0. The van der Waals surface area contributed by atoms with Gasteiger partial charge >= 0.3 is 5.97 Å². The molecule has 0 unspecified atom stereocenters. The van der Waals surface area contributed by atoms with Crippen LogP contribution in [0.3, 0.4) is 0 Å². The number of pyridine rings is 1. The van der Waals surface area contributed by atoms with E-state index in [1.54, 1.807) is 24.8 Å². The van der Waals surface area contributed by atoms with Crippen molar-refractivity contribution in [1.82, 2.24) is 4.57 Å². The van der Waals surface area contributed by atoms with Gasteiger partial charge in [0, 0.05) is 24.4 Å². The van der Waals surface area contributed by atoms with Crippen LogP contribution in [0.25, 0.3) is 10.9 Å². The summed E-state index contributed by atoms with van der Waals surface area (Å²) in [6, 6.07) is 5.49. The fourth-order valence-corrected chi connectivity index (χ4v) is 2.45. The molecule has 0 aliphatic heterocycles. The molecule has 106 valence electrons. The number of fused-ring (bicyclic) bond motifs is 1. The van der Waals surface area contributed by atoms with Gasteiger partial charge in [0.25, 0.3) is 5.56 Å². The first-order valence-electron chi connectivity index (χ1n) is 6.33. The number of carboxylic acids is 1. The summed E-state index contributed by atoms with van der Waals surface area (Å²) in [4.78, 5) is 22.9. The predicted octanol–water partition coefficient (Wildman–Crippen LogP) is 1.87. The van der Waals surface area contributed by atoms with Crippen molar-refractivity contribution in [2.45, 2.75) is 19.8 Å². The quantitative estimate of drug-likeness (QED) is 0.925. The van der Waals surface area contributed by atoms with E-state index in [0.29, 0.717) is 5.56 Å². The van der Waals surface area contributed by atoms with E-state index in [-0.39, 0.29) is 18.4 Å². The fourth-order valence-electron chi connectivity index (χ4n) is 2.45. The van der Waals surface area contributed by atoms with Gasteiger partial charge < -0.3 is 14.4 Å². The summed E-state index contributed by atoms with van der Waals surface area (Å²) in [6.07, 6.45) is 0.178. The third kappa shape index (κ3) is 2.52. The zero-order chi connectivity index (χ0) is 14.9. The Balaban J connectivity index is 2.65. The minimum Gasteiger partial charge on any atom is -0.497 e. The molecule has 0 aliphatic rings. The maximum Gasteiger partial charge on any atom is 0.303 e. The van der Waals surface area contributed by atoms with Crippen LogP contribution in [-0.2, 0) is 18.3 Å². The molecule has 0 radical (unpaired) electrons. The predicted molar refractivity (Wildman–Crippen MR) is 76.4 cm³/mol. The summed E-state index contributed by atoms with van der Waals surface area (Å²) in [5.74, 6) is -0.188. The second-order valence-corrected chi connectivity index (χ2v) is 4.81. The molecule has 0 spiro atoms. The smallest absolute Gasteiger partial charge is 0.303 e. The molecule has 0 aliphatic carbocycles. The molecule has 1 aromatic heterocycles. The lowest BCUT2D eigenvalue weighted by atomic mass is 10.0. The van der Waals surface area contributed by atoms with Crippen LogP contribution in [0, 0.1) is 6.92 Å².